The van der Waals surface area contributed by atoms with Crippen molar-refractivity contribution in [3.05, 3.63) is 61.2 Å². The summed E-state index contributed by atoms with van der Waals surface area (Å²) in [5, 5.41) is 3.51. The standard InChI is InChI=1S/C24H45N2.C21H38N.2ClH/c1-2-3-4-5-6-7-8-9-10-11-12-13-14-15-16-18-21-25-24-26-22-19-17-20-23-26;1-2-3-4-5-6-7-8-9-10-11-12-13-14-16-19-22-20-17-15-18-21-22;;/h17,19-20,22-23,25H,2-16,18,21,24H2,1H3;15,17-18,20-21H,2-14,16,19H2,1H3;2*1H/q2*+1;;/p-2. The molecule has 2 aromatic rings. The first-order valence-electron chi connectivity index (χ1n) is 21.5. The lowest BCUT2D eigenvalue weighted by atomic mass is 10.0. The maximum Gasteiger partial charge on any atom is 0.202 e. The molecule has 5 heteroatoms. The number of unbranched alkanes of at least 4 members (excludes halogenated alkanes) is 28. The molecule has 0 radical (unpaired) electrons. The van der Waals surface area contributed by atoms with Crippen LogP contribution >= 0.6 is 0 Å². The van der Waals surface area contributed by atoms with Crippen molar-refractivity contribution in [1.29, 1.82) is 0 Å². The van der Waals surface area contributed by atoms with Gasteiger partial charge in [0, 0.05) is 37.2 Å². The van der Waals surface area contributed by atoms with Crippen molar-refractivity contribution in [2.75, 3.05) is 6.54 Å². The van der Waals surface area contributed by atoms with Gasteiger partial charge in [-0.15, -0.1) is 0 Å². The van der Waals surface area contributed by atoms with Gasteiger partial charge in [-0.1, -0.05) is 199 Å². The van der Waals surface area contributed by atoms with Gasteiger partial charge in [0.15, 0.2) is 24.8 Å². The molecule has 50 heavy (non-hydrogen) atoms. The van der Waals surface area contributed by atoms with Crippen LogP contribution < -0.4 is 39.3 Å². The highest BCUT2D eigenvalue weighted by atomic mass is 35.5. The van der Waals surface area contributed by atoms with Crippen LogP contribution in [0.15, 0.2) is 61.2 Å². The maximum atomic E-state index is 3.51. The van der Waals surface area contributed by atoms with E-state index in [2.05, 4.69) is 89.5 Å². The minimum atomic E-state index is 0. The quantitative estimate of drug-likeness (QED) is 0.0594. The molecule has 2 aromatic heterocycles. The predicted molar refractivity (Wildman–Crippen MR) is 211 cm³/mol. The van der Waals surface area contributed by atoms with Gasteiger partial charge in [0.05, 0.1) is 0 Å². The third-order valence-corrected chi connectivity index (χ3v) is 9.83. The molecule has 0 unspecified atom stereocenters. The van der Waals surface area contributed by atoms with Crippen molar-refractivity contribution in [2.24, 2.45) is 0 Å². The van der Waals surface area contributed by atoms with Crippen molar-refractivity contribution in [2.45, 2.75) is 220 Å². The lowest BCUT2D eigenvalue weighted by Crippen LogP contribution is -3.00. The van der Waals surface area contributed by atoms with Crippen LogP contribution in [-0.2, 0) is 13.2 Å². The van der Waals surface area contributed by atoms with E-state index in [-0.39, 0.29) is 24.8 Å². The Morgan fingerprint density at radius 3 is 0.940 bits per heavy atom. The largest absolute Gasteiger partial charge is 1.00 e. The van der Waals surface area contributed by atoms with Gasteiger partial charge in [-0.3, -0.25) is 5.32 Å². The van der Waals surface area contributed by atoms with Crippen molar-refractivity contribution < 1.29 is 33.9 Å². The molecule has 292 valence electrons. The Labute approximate surface area is 325 Å². The summed E-state index contributed by atoms with van der Waals surface area (Å²) in [5.41, 5.74) is 0. The van der Waals surface area contributed by atoms with E-state index in [4.69, 9.17) is 0 Å². The molecule has 0 saturated heterocycles. The molecule has 0 aromatic carbocycles. The number of hydrogen-bond acceptors (Lipinski definition) is 1. The van der Waals surface area contributed by atoms with Crippen molar-refractivity contribution in [1.82, 2.24) is 5.32 Å². The van der Waals surface area contributed by atoms with E-state index in [9.17, 15) is 0 Å². The Bertz CT molecular complexity index is 852. The third-order valence-electron chi connectivity index (χ3n) is 9.83. The van der Waals surface area contributed by atoms with Gasteiger partial charge in [0.2, 0.25) is 6.67 Å². The van der Waals surface area contributed by atoms with E-state index in [0.717, 1.165) is 13.2 Å². The average Bonchev–Trinajstić information content (AvgIpc) is 3.12. The summed E-state index contributed by atoms with van der Waals surface area (Å²) in [7, 11) is 0. The molecule has 2 rings (SSSR count). The number of nitrogens with zero attached hydrogens (tertiary/aromatic N) is 2. The molecular formula is C45H83Cl2N3. The van der Waals surface area contributed by atoms with Crippen molar-refractivity contribution in [3.63, 3.8) is 0 Å². The van der Waals surface area contributed by atoms with Gasteiger partial charge >= 0.3 is 0 Å². The van der Waals surface area contributed by atoms with Crippen LogP contribution in [0.5, 0.6) is 0 Å². The predicted octanol–water partition coefficient (Wildman–Crippen LogP) is 7.25. The van der Waals surface area contributed by atoms with Crippen LogP contribution in [0.2, 0.25) is 0 Å². The molecule has 0 amide bonds. The topological polar surface area (TPSA) is 19.8 Å². The van der Waals surface area contributed by atoms with Gasteiger partial charge in [0.25, 0.3) is 0 Å². The normalized spacial score (nSPS) is 10.6. The third kappa shape index (κ3) is 38.1. The summed E-state index contributed by atoms with van der Waals surface area (Å²) >= 11 is 0. The average molecular weight is 737 g/mol. The zero-order chi connectivity index (χ0) is 34.3. The summed E-state index contributed by atoms with van der Waals surface area (Å²) < 4.78 is 4.48. The maximum absolute atomic E-state index is 3.51. The zero-order valence-corrected chi connectivity index (χ0v) is 34.8. The number of halogens is 2. The number of rotatable bonds is 34. The van der Waals surface area contributed by atoms with Crippen LogP contribution in [0.25, 0.3) is 0 Å². The Hall–Kier alpha value is -1.16. The fraction of sp³-hybridized carbons (Fsp3) is 0.778. The zero-order valence-electron chi connectivity index (χ0n) is 33.3. The molecule has 0 aliphatic heterocycles. The Kier molecular flexibility index (Phi) is 44.8. The monoisotopic (exact) mass is 736 g/mol. The van der Waals surface area contributed by atoms with Gasteiger partial charge in [-0.2, -0.15) is 4.57 Å². The van der Waals surface area contributed by atoms with Crippen LogP contribution in [0.4, 0.5) is 0 Å². The smallest absolute Gasteiger partial charge is 0.202 e. The summed E-state index contributed by atoms with van der Waals surface area (Å²) in [6.45, 7) is 7.84. The molecule has 2 heterocycles. The SMILES string of the molecule is CCCCCCCCCCCCCCCCCCNC[n+]1ccccc1.CCCCCCCCCCCCCCCC[n+]1ccccc1.[Cl-].[Cl-]. The van der Waals surface area contributed by atoms with Gasteiger partial charge in [0.1, 0.15) is 6.54 Å². The van der Waals surface area contributed by atoms with E-state index in [1.54, 1.807) is 0 Å². The fourth-order valence-corrected chi connectivity index (χ4v) is 6.62. The lowest BCUT2D eigenvalue weighted by Gasteiger charge is -2.04. The van der Waals surface area contributed by atoms with E-state index in [1.807, 2.05) is 0 Å². The Morgan fingerprint density at radius 1 is 0.320 bits per heavy atom. The number of nitrogens with one attached hydrogen (secondary N) is 1. The molecule has 0 spiro atoms. The van der Waals surface area contributed by atoms with Crippen molar-refractivity contribution >= 4 is 0 Å². The number of pyridine rings is 2. The fourth-order valence-electron chi connectivity index (χ4n) is 6.62. The first-order chi connectivity index (χ1) is 23.9. The Morgan fingerprint density at radius 2 is 0.600 bits per heavy atom. The van der Waals surface area contributed by atoms with Crippen molar-refractivity contribution in [3.8, 4) is 0 Å². The molecule has 0 aliphatic rings. The molecule has 0 atom stereocenters. The first-order valence-corrected chi connectivity index (χ1v) is 21.5. The molecule has 3 nitrogen and oxygen atoms in total. The number of hydrogen-bond donors (Lipinski definition) is 1. The minimum Gasteiger partial charge on any atom is -1.00 e. The first kappa shape index (κ1) is 50.9. The second kappa shape index (κ2) is 44.0. The van der Waals surface area contributed by atoms with E-state index >= 15 is 0 Å². The minimum absolute atomic E-state index is 0. The lowest BCUT2D eigenvalue weighted by molar-refractivity contribution is -0.701. The molecule has 0 bridgehead atoms. The summed E-state index contributed by atoms with van der Waals surface area (Å²) in [4.78, 5) is 0. The van der Waals surface area contributed by atoms with E-state index < -0.39 is 0 Å². The number of aryl methyl sites for hydroxylation is 1. The second-order valence-electron chi connectivity index (χ2n) is 14.6. The van der Waals surface area contributed by atoms with Crippen LogP contribution in [0.3, 0.4) is 0 Å². The summed E-state index contributed by atoms with van der Waals surface area (Å²) in [6, 6.07) is 12.5. The van der Waals surface area contributed by atoms with E-state index in [1.165, 1.54) is 199 Å². The highest BCUT2D eigenvalue weighted by Gasteiger charge is 1.99. The van der Waals surface area contributed by atoms with Crippen LogP contribution in [0, 0.1) is 0 Å². The molecule has 0 fully saturated rings. The Balaban J connectivity index is 0. The molecule has 1 N–H and O–H groups in total. The highest BCUT2D eigenvalue weighted by molar-refractivity contribution is 4.84. The summed E-state index contributed by atoms with van der Waals surface area (Å²) in [5.74, 6) is 0. The van der Waals surface area contributed by atoms with E-state index in [0.29, 0.717) is 0 Å². The second-order valence-corrected chi connectivity index (χ2v) is 14.6. The van der Waals surface area contributed by atoms with Gasteiger partial charge in [-0.05, 0) is 12.8 Å². The number of aromatic nitrogens is 2. The van der Waals surface area contributed by atoms with Crippen LogP contribution in [0.1, 0.15) is 206 Å². The molecular weight excluding hydrogens is 653 g/mol. The summed E-state index contributed by atoms with van der Waals surface area (Å²) in [6.07, 6.45) is 51.6. The molecule has 0 saturated carbocycles. The molecule has 0 aliphatic carbocycles. The van der Waals surface area contributed by atoms with Crippen LogP contribution in [-0.4, -0.2) is 6.54 Å². The highest BCUT2D eigenvalue weighted by Crippen LogP contribution is 2.14. The van der Waals surface area contributed by atoms with Gasteiger partial charge < -0.3 is 24.8 Å². The van der Waals surface area contributed by atoms with Gasteiger partial charge in [-0.25, -0.2) is 4.57 Å².